The smallest absolute Gasteiger partial charge is 0.229 e. The van der Waals surface area contributed by atoms with Gasteiger partial charge in [0.1, 0.15) is 11.9 Å². The summed E-state index contributed by atoms with van der Waals surface area (Å²) in [5.74, 6) is 0.556. The number of hydrogen-bond donors (Lipinski definition) is 1. The van der Waals surface area contributed by atoms with Gasteiger partial charge < -0.3 is 14.4 Å². The van der Waals surface area contributed by atoms with Crippen molar-refractivity contribution in [2.45, 2.75) is 44.4 Å². The van der Waals surface area contributed by atoms with Crippen LogP contribution in [0.2, 0.25) is 0 Å². The van der Waals surface area contributed by atoms with Crippen molar-refractivity contribution in [1.82, 2.24) is 4.90 Å². The van der Waals surface area contributed by atoms with Crippen LogP contribution in [-0.2, 0) is 14.8 Å². The highest BCUT2D eigenvalue weighted by Gasteiger charge is 2.27. The minimum absolute atomic E-state index is 0.0143. The van der Waals surface area contributed by atoms with E-state index >= 15 is 0 Å². The predicted molar refractivity (Wildman–Crippen MR) is 141 cm³/mol. The van der Waals surface area contributed by atoms with E-state index in [1.54, 1.807) is 40.9 Å². The third-order valence-corrected chi connectivity index (χ3v) is 8.09. The molecule has 1 fully saturated rings. The number of thiophene rings is 2. The lowest BCUT2D eigenvalue weighted by Crippen LogP contribution is -2.43. The molecule has 0 radical (unpaired) electrons. The molecule has 6 nitrogen and oxygen atoms in total. The number of ether oxygens (including phenoxy) is 2. The van der Waals surface area contributed by atoms with Gasteiger partial charge in [-0.3, -0.25) is 4.72 Å². The standard InChI is InChI=1S/C25H32N2O4S3/c1-19(9-14-30-24-6-4-3-5-23(24)26-34(2,28)29)27-12-7-22(8-13-27)31-25(20-10-15-32-17-20)21-11-16-33-18-21/h3-6,10-11,15-19,22,25-26H,7-9,12-14H2,1-2H3. The van der Waals surface area contributed by atoms with Gasteiger partial charge in [0, 0.05) is 19.1 Å². The number of sulfonamides is 1. The third kappa shape index (κ3) is 7.05. The van der Waals surface area contributed by atoms with Crippen LogP contribution in [0, 0.1) is 0 Å². The summed E-state index contributed by atoms with van der Waals surface area (Å²) in [7, 11) is -3.35. The van der Waals surface area contributed by atoms with Crippen molar-refractivity contribution in [3.63, 3.8) is 0 Å². The third-order valence-electron chi connectivity index (χ3n) is 6.10. The van der Waals surface area contributed by atoms with Crippen LogP contribution in [0.3, 0.4) is 0 Å². The van der Waals surface area contributed by atoms with Gasteiger partial charge in [0.05, 0.1) is 24.7 Å². The number of para-hydroxylation sites is 2. The summed E-state index contributed by atoms with van der Waals surface area (Å²) in [6.45, 7) is 4.75. The first kappa shape index (κ1) is 25.2. The molecule has 1 unspecified atom stereocenters. The van der Waals surface area contributed by atoms with Crippen molar-refractivity contribution >= 4 is 38.4 Å². The number of likely N-dealkylation sites (tertiary alicyclic amines) is 1. The predicted octanol–water partition coefficient (Wildman–Crippen LogP) is 5.61. The summed E-state index contributed by atoms with van der Waals surface area (Å²) in [4.78, 5) is 2.49. The van der Waals surface area contributed by atoms with Crippen molar-refractivity contribution in [1.29, 1.82) is 0 Å². The van der Waals surface area contributed by atoms with Gasteiger partial charge in [-0.25, -0.2) is 8.42 Å². The molecule has 1 atom stereocenters. The Morgan fingerprint density at radius 2 is 1.71 bits per heavy atom. The summed E-state index contributed by atoms with van der Waals surface area (Å²) in [5.41, 5.74) is 2.95. The molecule has 1 saturated heterocycles. The van der Waals surface area contributed by atoms with Gasteiger partial charge in [0.25, 0.3) is 0 Å². The Morgan fingerprint density at radius 3 is 2.29 bits per heavy atom. The zero-order valence-corrected chi connectivity index (χ0v) is 22.0. The molecule has 1 N–H and O–H groups in total. The molecule has 0 saturated carbocycles. The van der Waals surface area contributed by atoms with Crippen molar-refractivity contribution in [2.24, 2.45) is 0 Å². The molecule has 1 aliphatic rings. The molecular weight excluding hydrogens is 488 g/mol. The van der Waals surface area contributed by atoms with Crippen LogP contribution >= 0.6 is 22.7 Å². The molecular formula is C25H32N2O4S3. The molecule has 2 aromatic heterocycles. The summed E-state index contributed by atoms with van der Waals surface area (Å²) in [6.07, 6.45) is 4.29. The maximum atomic E-state index is 11.6. The molecule has 1 aromatic carbocycles. The zero-order chi connectivity index (χ0) is 24.0. The fourth-order valence-electron chi connectivity index (χ4n) is 4.24. The Balaban J connectivity index is 1.25. The number of anilines is 1. The number of hydrogen-bond acceptors (Lipinski definition) is 7. The maximum Gasteiger partial charge on any atom is 0.229 e. The van der Waals surface area contributed by atoms with Crippen molar-refractivity contribution in [3.8, 4) is 5.75 Å². The minimum Gasteiger partial charge on any atom is -0.491 e. The second kappa shape index (κ2) is 11.7. The van der Waals surface area contributed by atoms with E-state index in [9.17, 15) is 8.42 Å². The van der Waals surface area contributed by atoms with Gasteiger partial charge in [-0.15, -0.1) is 0 Å². The number of nitrogens with zero attached hydrogens (tertiary/aromatic N) is 1. The second-order valence-electron chi connectivity index (χ2n) is 8.72. The van der Waals surface area contributed by atoms with Gasteiger partial charge in [-0.1, -0.05) is 12.1 Å². The van der Waals surface area contributed by atoms with E-state index in [4.69, 9.17) is 9.47 Å². The molecule has 3 heterocycles. The minimum atomic E-state index is -3.35. The lowest BCUT2D eigenvalue weighted by atomic mass is 10.0. The average molecular weight is 521 g/mol. The van der Waals surface area contributed by atoms with Gasteiger partial charge in [0.15, 0.2) is 0 Å². The van der Waals surface area contributed by atoms with E-state index in [-0.39, 0.29) is 12.2 Å². The molecule has 0 amide bonds. The SMILES string of the molecule is CC(CCOc1ccccc1NS(C)(=O)=O)N1CCC(OC(c2ccsc2)c2ccsc2)CC1. The molecule has 184 valence electrons. The molecule has 1 aliphatic heterocycles. The quantitative estimate of drug-likeness (QED) is 0.356. The normalized spacial score (nSPS) is 16.6. The maximum absolute atomic E-state index is 11.6. The van der Waals surface area contributed by atoms with Gasteiger partial charge >= 0.3 is 0 Å². The topological polar surface area (TPSA) is 67.9 Å². The lowest BCUT2D eigenvalue weighted by Gasteiger charge is -2.37. The molecule has 3 aromatic rings. The van der Waals surface area contributed by atoms with Gasteiger partial charge in [-0.2, -0.15) is 22.7 Å². The van der Waals surface area contributed by atoms with E-state index < -0.39 is 10.0 Å². The summed E-state index contributed by atoms with van der Waals surface area (Å²) in [6, 6.07) is 11.8. The highest BCUT2D eigenvalue weighted by atomic mass is 32.2. The fourth-order valence-corrected chi connectivity index (χ4v) is 6.16. The molecule has 4 rings (SSSR count). The first-order valence-electron chi connectivity index (χ1n) is 11.5. The van der Waals surface area contributed by atoms with E-state index in [1.807, 2.05) is 6.07 Å². The number of nitrogens with one attached hydrogen (secondary N) is 1. The summed E-state index contributed by atoms with van der Waals surface area (Å²) >= 11 is 3.42. The van der Waals surface area contributed by atoms with Crippen LogP contribution in [-0.4, -0.2) is 51.4 Å². The molecule has 0 spiro atoms. The number of rotatable bonds is 11. The molecule has 0 aliphatic carbocycles. The van der Waals surface area contributed by atoms with Crippen LogP contribution < -0.4 is 9.46 Å². The molecule has 0 bridgehead atoms. The Hall–Kier alpha value is -1.91. The first-order valence-corrected chi connectivity index (χ1v) is 15.3. The van der Waals surface area contributed by atoms with Gasteiger partial charge in [0.2, 0.25) is 10.0 Å². The van der Waals surface area contributed by atoms with E-state index in [1.165, 1.54) is 11.1 Å². The van der Waals surface area contributed by atoms with Crippen molar-refractivity contribution in [2.75, 3.05) is 30.7 Å². The van der Waals surface area contributed by atoms with Crippen LogP contribution in [0.25, 0.3) is 0 Å². The lowest BCUT2D eigenvalue weighted by molar-refractivity contribution is -0.0330. The van der Waals surface area contributed by atoms with Gasteiger partial charge in [-0.05, 0) is 83.1 Å². The first-order chi connectivity index (χ1) is 16.4. The largest absolute Gasteiger partial charge is 0.491 e. The zero-order valence-electron chi connectivity index (χ0n) is 19.6. The monoisotopic (exact) mass is 520 g/mol. The number of piperidine rings is 1. The van der Waals surface area contributed by atoms with E-state index in [0.29, 0.717) is 24.1 Å². The van der Waals surface area contributed by atoms with Crippen LogP contribution in [0.4, 0.5) is 5.69 Å². The Labute approximate surface area is 210 Å². The van der Waals surface area contributed by atoms with Crippen LogP contribution in [0.1, 0.15) is 43.4 Å². The van der Waals surface area contributed by atoms with Crippen molar-refractivity contribution in [3.05, 3.63) is 69.0 Å². The highest BCUT2D eigenvalue weighted by molar-refractivity contribution is 7.92. The summed E-state index contributed by atoms with van der Waals surface area (Å²) < 4.78 is 38.2. The summed E-state index contributed by atoms with van der Waals surface area (Å²) in [5, 5.41) is 8.59. The number of benzene rings is 1. The van der Waals surface area contributed by atoms with E-state index in [2.05, 4.69) is 50.2 Å². The second-order valence-corrected chi connectivity index (χ2v) is 12.0. The van der Waals surface area contributed by atoms with E-state index in [0.717, 1.165) is 38.6 Å². The average Bonchev–Trinajstić information content (AvgIpc) is 3.53. The highest BCUT2D eigenvalue weighted by Crippen LogP contribution is 2.33. The van der Waals surface area contributed by atoms with Crippen LogP contribution in [0.15, 0.2) is 57.9 Å². The fraction of sp³-hybridized carbons (Fsp3) is 0.440. The Bertz CT molecular complexity index is 1070. The Kier molecular flexibility index (Phi) is 8.65. The Morgan fingerprint density at radius 1 is 1.06 bits per heavy atom. The van der Waals surface area contributed by atoms with Crippen LogP contribution in [0.5, 0.6) is 5.75 Å². The molecule has 9 heteroatoms. The van der Waals surface area contributed by atoms with Crippen molar-refractivity contribution < 1.29 is 17.9 Å². The molecule has 34 heavy (non-hydrogen) atoms.